The Kier molecular flexibility index (Phi) is 7.96. The highest BCUT2D eigenvalue weighted by atomic mass is 16.5. The molecule has 1 saturated carbocycles. The molecule has 3 heteroatoms. The lowest BCUT2D eigenvalue weighted by Crippen LogP contribution is -2.42. The number of unbranched alkanes of at least 4 members (excludes halogenated alkanes) is 3. The molecule has 0 aromatic carbocycles. The van der Waals surface area contributed by atoms with Crippen LogP contribution >= 0.6 is 0 Å². The third-order valence-electron chi connectivity index (χ3n) is 4.31. The van der Waals surface area contributed by atoms with Gasteiger partial charge in [-0.25, -0.2) is 0 Å². The molecule has 1 aliphatic rings. The van der Waals surface area contributed by atoms with Crippen LogP contribution in [0.5, 0.6) is 0 Å². The maximum absolute atomic E-state index is 9.89. The van der Waals surface area contributed by atoms with Gasteiger partial charge in [-0.1, -0.05) is 46.5 Å². The molecule has 0 amide bonds. The van der Waals surface area contributed by atoms with Crippen LogP contribution in [0.2, 0.25) is 0 Å². The Morgan fingerprint density at radius 2 is 2.11 bits per heavy atom. The molecule has 19 heavy (non-hydrogen) atoms. The van der Waals surface area contributed by atoms with Crippen LogP contribution in [0, 0.1) is 5.41 Å². The van der Waals surface area contributed by atoms with E-state index in [2.05, 4.69) is 26.1 Å². The van der Waals surface area contributed by atoms with Gasteiger partial charge in [-0.3, -0.25) is 0 Å². The van der Waals surface area contributed by atoms with Crippen molar-refractivity contribution in [3.63, 3.8) is 0 Å². The second-order valence-electron chi connectivity index (χ2n) is 6.63. The summed E-state index contributed by atoms with van der Waals surface area (Å²) in [6.45, 7) is 8.74. The summed E-state index contributed by atoms with van der Waals surface area (Å²) in [5, 5.41) is 13.4. The summed E-state index contributed by atoms with van der Waals surface area (Å²) in [6, 6.07) is 0.548. The Labute approximate surface area is 119 Å². The number of ether oxygens (including phenoxy) is 1. The first kappa shape index (κ1) is 16.9. The summed E-state index contributed by atoms with van der Waals surface area (Å²) in [7, 11) is 0. The highest BCUT2D eigenvalue weighted by Gasteiger charge is 2.34. The lowest BCUT2D eigenvalue weighted by Gasteiger charge is -2.28. The summed E-state index contributed by atoms with van der Waals surface area (Å²) in [5.74, 6) is 0. The molecule has 1 fully saturated rings. The van der Waals surface area contributed by atoms with Gasteiger partial charge in [0, 0.05) is 19.2 Å². The summed E-state index contributed by atoms with van der Waals surface area (Å²) in [4.78, 5) is 0. The zero-order valence-corrected chi connectivity index (χ0v) is 13.1. The monoisotopic (exact) mass is 271 g/mol. The predicted octanol–water partition coefficient (Wildman–Crippen LogP) is 3.11. The van der Waals surface area contributed by atoms with E-state index in [4.69, 9.17) is 4.74 Å². The number of aliphatic hydroxyl groups is 1. The van der Waals surface area contributed by atoms with E-state index in [0.29, 0.717) is 24.6 Å². The molecule has 2 unspecified atom stereocenters. The van der Waals surface area contributed by atoms with Gasteiger partial charge in [0.2, 0.25) is 0 Å². The van der Waals surface area contributed by atoms with Crippen molar-refractivity contribution >= 4 is 0 Å². The predicted molar refractivity (Wildman–Crippen MR) is 80.4 cm³/mol. The van der Waals surface area contributed by atoms with Crippen molar-refractivity contribution in [2.75, 3.05) is 19.8 Å². The van der Waals surface area contributed by atoms with Crippen LogP contribution in [0.1, 0.15) is 65.7 Å². The standard InChI is InChI=1S/C16H33NO2/c1-4-5-6-7-11-19-13-14(18)12-17-15-9-8-10-16(15,2)3/h14-15,17-18H,4-13H2,1-3H3. The lowest BCUT2D eigenvalue weighted by atomic mass is 9.87. The highest BCUT2D eigenvalue weighted by Crippen LogP contribution is 2.36. The van der Waals surface area contributed by atoms with E-state index in [0.717, 1.165) is 13.0 Å². The first-order chi connectivity index (χ1) is 9.06. The number of hydrogen-bond donors (Lipinski definition) is 2. The number of rotatable bonds is 10. The van der Waals surface area contributed by atoms with E-state index in [1.165, 1.54) is 38.5 Å². The van der Waals surface area contributed by atoms with E-state index < -0.39 is 0 Å². The molecule has 3 nitrogen and oxygen atoms in total. The van der Waals surface area contributed by atoms with Crippen molar-refractivity contribution in [2.24, 2.45) is 5.41 Å². The van der Waals surface area contributed by atoms with Crippen molar-refractivity contribution in [1.82, 2.24) is 5.32 Å². The van der Waals surface area contributed by atoms with E-state index >= 15 is 0 Å². The van der Waals surface area contributed by atoms with Gasteiger partial charge < -0.3 is 15.2 Å². The van der Waals surface area contributed by atoms with E-state index in [1.54, 1.807) is 0 Å². The van der Waals surface area contributed by atoms with Gasteiger partial charge in [0.1, 0.15) is 0 Å². The fourth-order valence-electron chi connectivity index (χ4n) is 2.89. The van der Waals surface area contributed by atoms with Crippen LogP contribution in [0.15, 0.2) is 0 Å². The van der Waals surface area contributed by atoms with Crippen LogP contribution in [-0.4, -0.2) is 37.0 Å². The van der Waals surface area contributed by atoms with Gasteiger partial charge in [0.15, 0.2) is 0 Å². The maximum atomic E-state index is 9.89. The molecule has 0 aliphatic heterocycles. The second kappa shape index (κ2) is 8.93. The Hall–Kier alpha value is -0.120. The zero-order chi connectivity index (χ0) is 14.1. The molecule has 0 heterocycles. The fraction of sp³-hybridized carbons (Fsp3) is 1.00. The normalized spacial score (nSPS) is 23.7. The molecule has 2 atom stereocenters. The molecule has 0 aromatic heterocycles. The topological polar surface area (TPSA) is 41.5 Å². The van der Waals surface area contributed by atoms with Crippen molar-refractivity contribution in [2.45, 2.75) is 77.9 Å². The summed E-state index contributed by atoms with van der Waals surface area (Å²) in [5.41, 5.74) is 0.376. The Morgan fingerprint density at radius 1 is 1.32 bits per heavy atom. The van der Waals surface area contributed by atoms with E-state index in [1.807, 2.05) is 0 Å². The molecule has 0 saturated heterocycles. The summed E-state index contributed by atoms with van der Waals surface area (Å²) >= 11 is 0. The van der Waals surface area contributed by atoms with Gasteiger partial charge in [-0.2, -0.15) is 0 Å². The Balaban J connectivity index is 2.00. The molecule has 114 valence electrons. The molecular formula is C16H33NO2. The molecule has 0 bridgehead atoms. The summed E-state index contributed by atoms with van der Waals surface area (Å²) < 4.78 is 5.52. The minimum absolute atomic E-state index is 0.373. The zero-order valence-electron chi connectivity index (χ0n) is 13.1. The van der Waals surface area contributed by atoms with Crippen molar-refractivity contribution in [3.05, 3.63) is 0 Å². The quantitative estimate of drug-likeness (QED) is 0.600. The smallest absolute Gasteiger partial charge is 0.0897 e. The summed E-state index contributed by atoms with van der Waals surface area (Å²) in [6.07, 6.45) is 8.34. The fourth-order valence-corrected chi connectivity index (χ4v) is 2.89. The lowest BCUT2D eigenvalue weighted by molar-refractivity contribution is 0.0324. The van der Waals surface area contributed by atoms with Gasteiger partial charge in [-0.15, -0.1) is 0 Å². The molecule has 1 rings (SSSR count). The van der Waals surface area contributed by atoms with Crippen molar-refractivity contribution in [1.29, 1.82) is 0 Å². The van der Waals surface area contributed by atoms with Crippen LogP contribution in [0.4, 0.5) is 0 Å². The average Bonchev–Trinajstić information content (AvgIpc) is 2.70. The molecule has 0 radical (unpaired) electrons. The van der Waals surface area contributed by atoms with Crippen LogP contribution in [0.3, 0.4) is 0 Å². The first-order valence-corrected chi connectivity index (χ1v) is 8.05. The maximum Gasteiger partial charge on any atom is 0.0897 e. The number of hydrogen-bond acceptors (Lipinski definition) is 3. The number of nitrogens with one attached hydrogen (secondary N) is 1. The third-order valence-corrected chi connectivity index (χ3v) is 4.31. The van der Waals surface area contributed by atoms with Crippen molar-refractivity contribution < 1.29 is 9.84 Å². The molecule has 2 N–H and O–H groups in total. The minimum atomic E-state index is -0.373. The average molecular weight is 271 g/mol. The van der Waals surface area contributed by atoms with E-state index in [9.17, 15) is 5.11 Å². The van der Waals surface area contributed by atoms with Crippen LogP contribution in [-0.2, 0) is 4.74 Å². The SMILES string of the molecule is CCCCCCOCC(O)CNC1CCCC1(C)C. The minimum Gasteiger partial charge on any atom is -0.389 e. The molecule has 0 spiro atoms. The van der Waals surface area contributed by atoms with Crippen molar-refractivity contribution in [3.8, 4) is 0 Å². The van der Waals surface area contributed by atoms with Crippen LogP contribution < -0.4 is 5.32 Å². The van der Waals surface area contributed by atoms with Gasteiger partial charge in [0.25, 0.3) is 0 Å². The van der Waals surface area contributed by atoms with Gasteiger partial charge >= 0.3 is 0 Å². The Morgan fingerprint density at radius 3 is 2.74 bits per heavy atom. The number of aliphatic hydroxyl groups excluding tert-OH is 1. The van der Waals surface area contributed by atoms with Gasteiger partial charge in [-0.05, 0) is 24.7 Å². The largest absolute Gasteiger partial charge is 0.389 e. The second-order valence-corrected chi connectivity index (χ2v) is 6.63. The first-order valence-electron chi connectivity index (χ1n) is 8.05. The van der Waals surface area contributed by atoms with E-state index in [-0.39, 0.29) is 6.10 Å². The highest BCUT2D eigenvalue weighted by molar-refractivity contribution is 4.90. The molecule has 0 aromatic rings. The third kappa shape index (κ3) is 6.73. The Bertz CT molecular complexity index is 231. The molecular weight excluding hydrogens is 238 g/mol. The molecule has 1 aliphatic carbocycles. The van der Waals surface area contributed by atoms with Crippen LogP contribution in [0.25, 0.3) is 0 Å². The van der Waals surface area contributed by atoms with Gasteiger partial charge in [0.05, 0.1) is 12.7 Å².